The third kappa shape index (κ3) is 3.14. The summed E-state index contributed by atoms with van der Waals surface area (Å²) >= 11 is 7.13. The summed E-state index contributed by atoms with van der Waals surface area (Å²) in [5.74, 6) is 3.25. The van der Waals surface area contributed by atoms with Crippen LogP contribution in [0, 0.1) is 13.8 Å². The Morgan fingerprint density at radius 3 is 2.94 bits per heavy atom. The zero-order chi connectivity index (χ0) is 13.1. The predicted octanol–water partition coefficient (Wildman–Crippen LogP) is 2.64. The van der Waals surface area contributed by atoms with E-state index >= 15 is 0 Å². The summed E-state index contributed by atoms with van der Waals surface area (Å²) in [7, 11) is 0. The number of rotatable bonds is 3. The number of hydrogen-bond acceptors (Lipinski definition) is 4. The van der Waals surface area contributed by atoms with Gasteiger partial charge in [-0.15, -0.1) is 0 Å². The van der Waals surface area contributed by atoms with Crippen LogP contribution in [0.25, 0.3) is 0 Å². The first-order chi connectivity index (χ1) is 8.58. The lowest BCUT2D eigenvalue weighted by atomic mass is 10.1. The zero-order valence-electron chi connectivity index (χ0n) is 10.8. The van der Waals surface area contributed by atoms with Gasteiger partial charge in [0.25, 0.3) is 0 Å². The minimum absolute atomic E-state index is 0.422. The Bertz CT molecular complexity index is 454. The van der Waals surface area contributed by atoms with Gasteiger partial charge >= 0.3 is 0 Å². The topological polar surface area (TPSA) is 50.9 Å². The molecule has 1 aromatic rings. The van der Waals surface area contributed by atoms with Gasteiger partial charge in [-0.25, -0.2) is 4.98 Å². The van der Waals surface area contributed by atoms with Crippen LogP contribution in [-0.2, 0) is 0 Å². The molecule has 1 aliphatic rings. The molecule has 0 amide bonds. The fourth-order valence-corrected chi connectivity index (χ4v) is 3.63. The van der Waals surface area contributed by atoms with Crippen molar-refractivity contribution in [2.45, 2.75) is 32.7 Å². The number of nitrogens with two attached hydrogens (primary N) is 1. The molecule has 5 heteroatoms. The highest BCUT2D eigenvalue weighted by atomic mass is 32.2. The molecule has 2 heterocycles. The van der Waals surface area contributed by atoms with Crippen molar-refractivity contribution in [1.82, 2.24) is 4.98 Å². The summed E-state index contributed by atoms with van der Waals surface area (Å²) in [6, 6.07) is 2.50. The summed E-state index contributed by atoms with van der Waals surface area (Å²) in [5.41, 5.74) is 8.81. The molecular formula is C13H19N3S2. The van der Waals surface area contributed by atoms with E-state index in [1.54, 1.807) is 0 Å². The molecule has 1 atom stereocenters. The van der Waals surface area contributed by atoms with Crippen molar-refractivity contribution in [3.05, 3.63) is 22.9 Å². The summed E-state index contributed by atoms with van der Waals surface area (Å²) < 4.78 is 0. The Morgan fingerprint density at radius 1 is 1.56 bits per heavy atom. The van der Waals surface area contributed by atoms with E-state index in [2.05, 4.69) is 10.3 Å². The second kappa shape index (κ2) is 5.89. The molecule has 1 aromatic heterocycles. The second-order valence-corrected chi connectivity index (χ2v) is 6.32. The van der Waals surface area contributed by atoms with Crippen LogP contribution in [-0.4, -0.2) is 27.5 Å². The Balaban J connectivity index is 2.27. The van der Waals surface area contributed by atoms with Crippen molar-refractivity contribution < 1.29 is 0 Å². The van der Waals surface area contributed by atoms with Crippen LogP contribution in [0.4, 0.5) is 5.82 Å². The third-order valence-electron chi connectivity index (χ3n) is 3.09. The maximum absolute atomic E-state index is 5.82. The number of thioether (sulfide) groups is 1. The highest BCUT2D eigenvalue weighted by molar-refractivity contribution is 7.99. The molecule has 1 saturated heterocycles. The smallest absolute Gasteiger partial charge is 0.137 e. The molecule has 0 spiro atoms. The van der Waals surface area contributed by atoms with Crippen LogP contribution >= 0.6 is 24.0 Å². The van der Waals surface area contributed by atoms with Gasteiger partial charge < -0.3 is 11.1 Å². The van der Waals surface area contributed by atoms with Crippen molar-refractivity contribution in [3.63, 3.8) is 0 Å². The number of pyridine rings is 1. The number of hydrogen-bond donors (Lipinski definition) is 2. The van der Waals surface area contributed by atoms with Crippen LogP contribution < -0.4 is 11.1 Å². The van der Waals surface area contributed by atoms with E-state index in [0.29, 0.717) is 11.0 Å². The van der Waals surface area contributed by atoms with Gasteiger partial charge in [-0.1, -0.05) is 12.2 Å². The summed E-state index contributed by atoms with van der Waals surface area (Å²) in [6.07, 6.45) is 2.45. The van der Waals surface area contributed by atoms with E-state index < -0.39 is 0 Å². The minimum atomic E-state index is 0.422. The minimum Gasteiger partial charge on any atom is -0.389 e. The van der Waals surface area contributed by atoms with Gasteiger partial charge in [-0.05, 0) is 44.1 Å². The zero-order valence-corrected chi connectivity index (χ0v) is 12.5. The fourth-order valence-electron chi connectivity index (χ4n) is 2.30. The van der Waals surface area contributed by atoms with Gasteiger partial charge in [0.2, 0.25) is 0 Å². The van der Waals surface area contributed by atoms with Crippen LogP contribution in [0.3, 0.4) is 0 Å². The van der Waals surface area contributed by atoms with E-state index in [1.165, 1.54) is 18.6 Å². The summed E-state index contributed by atoms with van der Waals surface area (Å²) in [6.45, 7) is 4.03. The Morgan fingerprint density at radius 2 is 2.33 bits per heavy atom. The molecule has 0 bridgehead atoms. The van der Waals surface area contributed by atoms with Crippen molar-refractivity contribution in [2.24, 2.45) is 5.73 Å². The fraction of sp³-hybridized carbons (Fsp3) is 0.538. The molecule has 18 heavy (non-hydrogen) atoms. The van der Waals surface area contributed by atoms with Gasteiger partial charge in [0, 0.05) is 17.5 Å². The van der Waals surface area contributed by atoms with Crippen molar-refractivity contribution in [1.29, 1.82) is 0 Å². The highest BCUT2D eigenvalue weighted by Gasteiger charge is 2.18. The quantitative estimate of drug-likeness (QED) is 0.834. The third-order valence-corrected chi connectivity index (χ3v) is 4.51. The second-order valence-electron chi connectivity index (χ2n) is 4.73. The average Bonchev–Trinajstić information content (AvgIpc) is 2.28. The first kappa shape index (κ1) is 13.6. The molecule has 0 radical (unpaired) electrons. The molecule has 2 rings (SSSR count). The van der Waals surface area contributed by atoms with E-state index in [0.717, 1.165) is 28.4 Å². The van der Waals surface area contributed by atoms with Crippen LogP contribution in [0.5, 0.6) is 0 Å². The Kier molecular flexibility index (Phi) is 4.45. The van der Waals surface area contributed by atoms with Gasteiger partial charge in [-0.3, -0.25) is 0 Å². The molecule has 3 nitrogen and oxygen atoms in total. The first-order valence-electron chi connectivity index (χ1n) is 6.20. The van der Waals surface area contributed by atoms with E-state index in [1.807, 2.05) is 31.7 Å². The largest absolute Gasteiger partial charge is 0.389 e. The maximum atomic E-state index is 5.82. The number of anilines is 1. The number of aryl methyl sites for hydroxylation is 2. The number of aromatic nitrogens is 1. The molecule has 1 unspecified atom stereocenters. The Labute approximate surface area is 118 Å². The van der Waals surface area contributed by atoms with Gasteiger partial charge in [0.15, 0.2) is 0 Å². The lowest BCUT2D eigenvalue weighted by Crippen LogP contribution is -2.28. The summed E-state index contributed by atoms with van der Waals surface area (Å²) in [5, 5.41) is 3.51. The maximum Gasteiger partial charge on any atom is 0.137 e. The van der Waals surface area contributed by atoms with Crippen LogP contribution in [0.1, 0.15) is 29.7 Å². The van der Waals surface area contributed by atoms with Crippen LogP contribution in [0.15, 0.2) is 6.07 Å². The molecule has 1 aliphatic heterocycles. The standard InChI is InChI=1S/C13H19N3S2/c1-8-6-9(2)15-13(11(8)12(14)17)16-10-4-3-5-18-7-10/h6,10H,3-5,7H2,1-2H3,(H2,14,17)(H,15,16). The monoisotopic (exact) mass is 281 g/mol. The normalized spacial score (nSPS) is 19.6. The lowest BCUT2D eigenvalue weighted by molar-refractivity contribution is 0.682. The molecule has 98 valence electrons. The average molecular weight is 281 g/mol. The van der Waals surface area contributed by atoms with Gasteiger partial charge in [-0.2, -0.15) is 11.8 Å². The lowest BCUT2D eigenvalue weighted by Gasteiger charge is -2.24. The molecule has 0 aliphatic carbocycles. The van der Waals surface area contributed by atoms with E-state index in [9.17, 15) is 0 Å². The van der Waals surface area contributed by atoms with Gasteiger partial charge in [0.05, 0.1) is 5.56 Å². The van der Waals surface area contributed by atoms with Crippen molar-refractivity contribution in [3.8, 4) is 0 Å². The number of nitrogens with one attached hydrogen (secondary N) is 1. The van der Waals surface area contributed by atoms with Crippen molar-refractivity contribution >= 4 is 34.8 Å². The summed E-state index contributed by atoms with van der Waals surface area (Å²) in [4.78, 5) is 4.98. The SMILES string of the molecule is Cc1cc(C)c(C(N)=S)c(NC2CCCSC2)n1. The molecule has 0 saturated carbocycles. The van der Waals surface area contributed by atoms with E-state index in [-0.39, 0.29) is 0 Å². The first-order valence-corrected chi connectivity index (χ1v) is 7.76. The molecule has 0 aromatic carbocycles. The van der Waals surface area contributed by atoms with E-state index in [4.69, 9.17) is 18.0 Å². The molecule has 1 fully saturated rings. The van der Waals surface area contributed by atoms with Crippen molar-refractivity contribution in [2.75, 3.05) is 16.8 Å². The number of thiocarbonyl (C=S) groups is 1. The van der Waals surface area contributed by atoms with Gasteiger partial charge in [0.1, 0.15) is 10.8 Å². The Hall–Kier alpha value is -0.810. The van der Waals surface area contributed by atoms with Crippen LogP contribution in [0.2, 0.25) is 0 Å². The molecular weight excluding hydrogens is 262 g/mol. The number of nitrogens with zero attached hydrogens (tertiary/aromatic N) is 1. The predicted molar refractivity (Wildman–Crippen MR) is 83.6 cm³/mol. The highest BCUT2D eigenvalue weighted by Crippen LogP contribution is 2.24. The molecule has 3 N–H and O–H groups in total.